The molecule has 0 aliphatic rings. The van der Waals surface area contributed by atoms with E-state index in [-0.39, 0.29) is 0 Å². The zero-order valence-corrected chi connectivity index (χ0v) is 8.28. The lowest BCUT2D eigenvalue weighted by Crippen LogP contribution is -2.29. The Kier molecular flexibility index (Phi) is 5.31. The van der Waals surface area contributed by atoms with Gasteiger partial charge < -0.3 is 20.1 Å². The number of ether oxygens (including phenoxy) is 1. The van der Waals surface area contributed by atoms with Gasteiger partial charge in [0.25, 0.3) is 0 Å². The zero-order valence-electron chi connectivity index (χ0n) is 8.28. The molecule has 0 heterocycles. The van der Waals surface area contributed by atoms with Gasteiger partial charge in [-0.05, 0) is 0 Å². The van der Waals surface area contributed by atoms with Crippen molar-refractivity contribution in [3.8, 4) is 0 Å². The molecule has 9 heteroatoms. The summed E-state index contributed by atoms with van der Waals surface area (Å²) < 4.78 is 4.04. The van der Waals surface area contributed by atoms with E-state index in [9.17, 15) is 24.0 Å². The van der Waals surface area contributed by atoms with Gasteiger partial charge in [0, 0.05) is 6.42 Å². The number of carbonyl (C=O) groups is 5. The summed E-state index contributed by atoms with van der Waals surface area (Å²) in [5.74, 6) is -9.96. The first-order valence-electron chi connectivity index (χ1n) is 4.14. The third kappa shape index (κ3) is 5.25. The number of carboxylic acids is 3. The van der Waals surface area contributed by atoms with Crippen LogP contribution < -0.4 is 0 Å². The predicted octanol–water partition coefficient (Wildman–Crippen LogP) is -1.64. The SMILES string of the molecule is O=C(O)C(=O)CC(COC(=O)C(=O)O)C(=O)O. The smallest absolute Gasteiger partial charge is 0.417 e. The lowest BCUT2D eigenvalue weighted by Gasteiger charge is -2.09. The van der Waals surface area contributed by atoms with Gasteiger partial charge in [0.15, 0.2) is 0 Å². The normalized spacial score (nSPS) is 11.3. The monoisotopic (exact) mass is 248 g/mol. The number of esters is 1. The highest BCUT2D eigenvalue weighted by atomic mass is 16.6. The Labute approximate surface area is 93.6 Å². The first kappa shape index (κ1) is 14.6. The molecule has 0 aliphatic carbocycles. The van der Waals surface area contributed by atoms with Crippen molar-refractivity contribution in [3.63, 3.8) is 0 Å². The molecule has 0 spiro atoms. The molecule has 0 saturated carbocycles. The van der Waals surface area contributed by atoms with E-state index in [1.54, 1.807) is 0 Å². The van der Waals surface area contributed by atoms with Crippen molar-refractivity contribution in [2.24, 2.45) is 5.92 Å². The third-order valence-corrected chi connectivity index (χ3v) is 1.61. The summed E-state index contributed by atoms with van der Waals surface area (Å²) in [5, 5.41) is 24.9. The van der Waals surface area contributed by atoms with Crippen molar-refractivity contribution in [1.29, 1.82) is 0 Å². The minimum atomic E-state index is -1.92. The molecule has 17 heavy (non-hydrogen) atoms. The molecule has 0 amide bonds. The fraction of sp³-hybridized carbons (Fsp3) is 0.375. The summed E-state index contributed by atoms with van der Waals surface area (Å²) in [6.45, 7) is -0.889. The van der Waals surface area contributed by atoms with Gasteiger partial charge in [-0.1, -0.05) is 0 Å². The van der Waals surface area contributed by atoms with Crippen LogP contribution in [0, 0.1) is 5.92 Å². The van der Waals surface area contributed by atoms with Crippen LogP contribution in [0.2, 0.25) is 0 Å². The van der Waals surface area contributed by atoms with E-state index in [4.69, 9.17) is 15.3 Å². The van der Waals surface area contributed by atoms with E-state index in [1.165, 1.54) is 0 Å². The maximum Gasteiger partial charge on any atom is 0.417 e. The highest BCUT2D eigenvalue weighted by Gasteiger charge is 2.27. The number of hydrogen-bond acceptors (Lipinski definition) is 6. The molecule has 94 valence electrons. The zero-order chi connectivity index (χ0) is 13.6. The first-order chi connectivity index (χ1) is 7.75. The molecule has 0 saturated heterocycles. The van der Waals surface area contributed by atoms with Gasteiger partial charge in [-0.15, -0.1) is 0 Å². The van der Waals surface area contributed by atoms with Crippen LogP contribution in [0.4, 0.5) is 0 Å². The molecule has 0 aromatic rings. The van der Waals surface area contributed by atoms with Crippen molar-refractivity contribution in [2.75, 3.05) is 6.61 Å². The number of hydrogen-bond donors (Lipinski definition) is 3. The summed E-state index contributed by atoms with van der Waals surface area (Å²) >= 11 is 0. The predicted molar refractivity (Wildman–Crippen MR) is 47.0 cm³/mol. The van der Waals surface area contributed by atoms with Gasteiger partial charge in [-0.3, -0.25) is 9.59 Å². The number of ketones is 1. The molecule has 0 fully saturated rings. The largest absolute Gasteiger partial charge is 0.481 e. The van der Waals surface area contributed by atoms with E-state index in [0.717, 1.165) is 0 Å². The van der Waals surface area contributed by atoms with Gasteiger partial charge in [-0.2, -0.15) is 0 Å². The number of aliphatic carboxylic acids is 3. The average Bonchev–Trinajstić information content (AvgIpc) is 2.22. The van der Waals surface area contributed by atoms with Crippen LogP contribution in [0.5, 0.6) is 0 Å². The molecule has 1 atom stereocenters. The topological polar surface area (TPSA) is 155 Å². The maximum absolute atomic E-state index is 10.7. The third-order valence-electron chi connectivity index (χ3n) is 1.61. The standard InChI is InChI=1S/C8H8O9/c9-4(6(12)13)1-3(5(10)11)2-17-8(16)7(14)15/h3H,1-2H2,(H,10,11)(H,12,13)(H,14,15). The van der Waals surface area contributed by atoms with Crippen LogP contribution in [0.1, 0.15) is 6.42 Å². The fourth-order valence-corrected chi connectivity index (χ4v) is 0.767. The second-order valence-electron chi connectivity index (χ2n) is 2.87. The van der Waals surface area contributed by atoms with Crippen LogP contribution in [0.25, 0.3) is 0 Å². The van der Waals surface area contributed by atoms with E-state index in [2.05, 4.69) is 4.74 Å². The highest BCUT2D eigenvalue weighted by molar-refractivity contribution is 6.33. The molecule has 0 aromatic carbocycles. The van der Waals surface area contributed by atoms with Crippen LogP contribution in [0.15, 0.2) is 0 Å². The van der Waals surface area contributed by atoms with Crippen molar-refractivity contribution >= 4 is 29.7 Å². The van der Waals surface area contributed by atoms with Crippen LogP contribution in [0.3, 0.4) is 0 Å². The van der Waals surface area contributed by atoms with Gasteiger partial charge in [0.1, 0.15) is 6.61 Å². The lowest BCUT2D eigenvalue weighted by molar-refractivity contribution is -0.166. The van der Waals surface area contributed by atoms with Crippen molar-refractivity contribution in [1.82, 2.24) is 0 Å². The lowest BCUT2D eigenvalue weighted by atomic mass is 10.0. The molecule has 3 N–H and O–H groups in total. The van der Waals surface area contributed by atoms with Crippen molar-refractivity contribution in [3.05, 3.63) is 0 Å². The number of carbonyl (C=O) groups excluding carboxylic acids is 2. The van der Waals surface area contributed by atoms with E-state index in [0.29, 0.717) is 0 Å². The second kappa shape index (κ2) is 6.20. The van der Waals surface area contributed by atoms with Crippen LogP contribution in [-0.4, -0.2) is 51.6 Å². The number of rotatable bonds is 6. The van der Waals surface area contributed by atoms with Gasteiger partial charge in [0.2, 0.25) is 5.78 Å². The van der Waals surface area contributed by atoms with E-state index in [1.807, 2.05) is 0 Å². The van der Waals surface area contributed by atoms with Crippen LogP contribution in [-0.2, 0) is 28.7 Å². The maximum atomic E-state index is 10.7. The Hall–Kier alpha value is -2.45. The Morgan fingerprint density at radius 3 is 1.82 bits per heavy atom. The summed E-state index contributed by atoms with van der Waals surface area (Å²) in [6, 6.07) is 0. The van der Waals surface area contributed by atoms with Crippen molar-refractivity contribution in [2.45, 2.75) is 6.42 Å². The quantitative estimate of drug-likeness (QED) is 0.370. The molecule has 0 radical (unpaired) electrons. The highest BCUT2D eigenvalue weighted by Crippen LogP contribution is 2.06. The summed E-state index contributed by atoms with van der Waals surface area (Å²) in [5.41, 5.74) is 0. The van der Waals surface area contributed by atoms with Gasteiger partial charge in [0.05, 0.1) is 5.92 Å². The molecule has 9 nitrogen and oxygen atoms in total. The number of Topliss-reactive ketones (excluding diaryl/α,β-unsaturated/α-hetero) is 1. The summed E-state index contributed by atoms with van der Waals surface area (Å²) in [6.07, 6.45) is -0.891. The summed E-state index contributed by atoms with van der Waals surface area (Å²) in [4.78, 5) is 51.9. The molecular weight excluding hydrogens is 240 g/mol. The molecular formula is C8H8O9. The molecule has 1 unspecified atom stereocenters. The summed E-state index contributed by atoms with van der Waals surface area (Å²) in [7, 11) is 0. The Morgan fingerprint density at radius 1 is 0.941 bits per heavy atom. The molecule has 0 aromatic heterocycles. The second-order valence-corrected chi connectivity index (χ2v) is 2.87. The minimum Gasteiger partial charge on any atom is -0.481 e. The Morgan fingerprint density at radius 2 is 1.47 bits per heavy atom. The molecule has 0 bridgehead atoms. The Bertz CT molecular complexity index is 369. The van der Waals surface area contributed by atoms with Crippen LogP contribution >= 0.6 is 0 Å². The average molecular weight is 248 g/mol. The molecule has 0 rings (SSSR count). The first-order valence-corrected chi connectivity index (χ1v) is 4.14. The number of carboxylic acid groups (broad SMARTS) is 3. The van der Waals surface area contributed by atoms with E-state index < -0.39 is 48.6 Å². The fourth-order valence-electron chi connectivity index (χ4n) is 0.767. The molecule has 0 aliphatic heterocycles. The van der Waals surface area contributed by atoms with Gasteiger partial charge >= 0.3 is 23.9 Å². The minimum absolute atomic E-state index is 0.889. The van der Waals surface area contributed by atoms with Gasteiger partial charge in [-0.25, -0.2) is 14.4 Å². The van der Waals surface area contributed by atoms with Crippen molar-refractivity contribution < 1.29 is 44.0 Å². The van der Waals surface area contributed by atoms with E-state index >= 15 is 0 Å². The Balaban J connectivity index is 4.41.